The van der Waals surface area contributed by atoms with Gasteiger partial charge in [0, 0.05) is 38.4 Å². The van der Waals surface area contributed by atoms with Crippen LogP contribution in [0.25, 0.3) is 0 Å². The Balaban J connectivity index is 1.66. The van der Waals surface area contributed by atoms with Gasteiger partial charge in [-0.25, -0.2) is 0 Å². The maximum Gasteiger partial charge on any atom is 0.188 e. The van der Waals surface area contributed by atoms with Crippen LogP contribution in [-0.4, -0.2) is 58.0 Å². The molecule has 3 N–H and O–H groups in total. The summed E-state index contributed by atoms with van der Waals surface area (Å²) >= 11 is 0. The predicted molar refractivity (Wildman–Crippen MR) is 76.6 cm³/mol. The van der Waals surface area contributed by atoms with Crippen LogP contribution >= 0.6 is 0 Å². The minimum atomic E-state index is 0.0625. The van der Waals surface area contributed by atoms with E-state index in [4.69, 9.17) is 10.9 Å². The molecule has 0 aliphatic carbocycles. The van der Waals surface area contributed by atoms with Crippen LogP contribution in [0.5, 0.6) is 0 Å². The summed E-state index contributed by atoms with van der Waals surface area (Å²) in [7, 11) is 0. The largest absolute Gasteiger partial charge is 0.409 e. The molecule has 3 rings (SSSR count). The summed E-state index contributed by atoms with van der Waals surface area (Å²) in [4.78, 5) is 9.20. The second kappa shape index (κ2) is 5.76. The van der Waals surface area contributed by atoms with E-state index >= 15 is 0 Å². The highest BCUT2D eigenvalue weighted by atomic mass is 16.4. The number of nitrogens with two attached hydrogens (primary N) is 1. The number of hydrogen-bond donors (Lipinski definition) is 2. The first-order valence-electron chi connectivity index (χ1n) is 7.15. The Kier molecular flexibility index (Phi) is 3.84. The van der Waals surface area contributed by atoms with Gasteiger partial charge in [0.05, 0.1) is 0 Å². The Morgan fingerprint density at radius 3 is 3.20 bits per heavy atom. The Hall–Kier alpha value is -1.66. The van der Waals surface area contributed by atoms with E-state index in [1.54, 1.807) is 6.20 Å². The van der Waals surface area contributed by atoms with Gasteiger partial charge in [0.15, 0.2) is 5.84 Å². The summed E-state index contributed by atoms with van der Waals surface area (Å²) in [5.41, 5.74) is 7.28. The summed E-state index contributed by atoms with van der Waals surface area (Å²) in [5.74, 6) is 0.0625. The van der Waals surface area contributed by atoms with Gasteiger partial charge in [0.25, 0.3) is 0 Å². The van der Waals surface area contributed by atoms with Gasteiger partial charge in [-0.2, -0.15) is 0 Å². The minimum Gasteiger partial charge on any atom is -0.409 e. The van der Waals surface area contributed by atoms with Crippen molar-refractivity contribution in [2.75, 3.05) is 26.2 Å². The molecular weight excluding hydrogens is 254 g/mol. The van der Waals surface area contributed by atoms with E-state index in [0.29, 0.717) is 5.69 Å². The number of nitrogens with zero attached hydrogens (tertiary/aromatic N) is 4. The van der Waals surface area contributed by atoms with Gasteiger partial charge in [-0.3, -0.25) is 14.8 Å². The van der Waals surface area contributed by atoms with Crippen LogP contribution in [0.4, 0.5) is 0 Å². The average molecular weight is 275 g/mol. The van der Waals surface area contributed by atoms with Gasteiger partial charge >= 0.3 is 0 Å². The summed E-state index contributed by atoms with van der Waals surface area (Å²) in [6.07, 6.45) is 4.37. The fraction of sp³-hybridized carbons (Fsp3) is 0.571. The Morgan fingerprint density at radius 1 is 1.45 bits per heavy atom. The number of rotatable bonds is 3. The zero-order valence-electron chi connectivity index (χ0n) is 11.6. The van der Waals surface area contributed by atoms with Crippen molar-refractivity contribution in [1.82, 2.24) is 14.8 Å². The third kappa shape index (κ3) is 2.76. The molecule has 1 aromatic rings. The van der Waals surface area contributed by atoms with Crippen molar-refractivity contribution in [3.05, 3.63) is 29.6 Å². The van der Waals surface area contributed by atoms with E-state index in [1.807, 2.05) is 12.1 Å². The van der Waals surface area contributed by atoms with Crippen LogP contribution in [0.3, 0.4) is 0 Å². The predicted octanol–water partition coefficient (Wildman–Crippen LogP) is 0.456. The second-order valence-electron chi connectivity index (χ2n) is 5.60. The second-order valence-corrected chi connectivity index (χ2v) is 5.60. The first-order chi connectivity index (χ1) is 9.76. The molecule has 0 radical (unpaired) electrons. The van der Waals surface area contributed by atoms with Crippen LogP contribution in [0.2, 0.25) is 0 Å². The highest BCUT2D eigenvalue weighted by Crippen LogP contribution is 2.22. The fourth-order valence-corrected chi connectivity index (χ4v) is 3.22. The van der Waals surface area contributed by atoms with Crippen molar-refractivity contribution < 1.29 is 5.21 Å². The van der Waals surface area contributed by atoms with Crippen molar-refractivity contribution in [2.24, 2.45) is 10.9 Å². The first kappa shape index (κ1) is 13.3. The number of hydrogen-bond acceptors (Lipinski definition) is 5. The monoisotopic (exact) mass is 275 g/mol. The van der Waals surface area contributed by atoms with Gasteiger partial charge in [0.2, 0.25) is 0 Å². The maximum atomic E-state index is 8.71. The lowest BCUT2D eigenvalue weighted by molar-refractivity contribution is 0.0993. The van der Waals surface area contributed by atoms with Crippen molar-refractivity contribution in [3.63, 3.8) is 0 Å². The molecule has 0 aromatic carbocycles. The molecule has 2 fully saturated rings. The topological polar surface area (TPSA) is 78.0 Å². The zero-order valence-corrected chi connectivity index (χ0v) is 11.6. The third-order valence-electron chi connectivity index (χ3n) is 4.27. The standard InChI is InChI=1S/C14H21N5O/c15-14(17-20)13-8-11(3-4-16-13)9-18-6-7-19-5-1-2-12(19)10-18/h3-4,8,12,20H,1-2,5-7,9-10H2,(H2,15,17). The lowest BCUT2D eigenvalue weighted by atomic mass is 10.1. The van der Waals surface area contributed by atoms with Gasteiger partial charge in [-0.1, -0.05) is 5.16 Å². The van der Waals surface area contributed by atoms with Crippen LogP contribution in [-0.2, 0) is 6.54 Å². The highest BCUT2D eigenvalue weighted by Gasteiger charge is 2.30. The smallest absolute Gasteiger partial charge is 0.188 e. The molecule has 0 bridgehead atoms. The third-order valence-corrected chi connectivity index (χ3v) is 4.27. The average Bonchev–Trinajstić information content (AvgIpc) is 2.94. The molecule has 1 atom stereocenters. The number of aromatic nitrogens is 1. The molecule has 0 amide bonds. The summed E-state index contributed by atoms with van der Waals surface area (Å²) in [6, 6.07) is 4.62. The molecule has 6 heteroatoms. The lowest BCUT2D eigenvalue weighted by Gasteiger charge is -2.37. The Morgan fingerprint density at radius 2 is 2.35 bits per heavy atom. The number of pyridine rings is 1. The first-order valence-corrected chi connectivity index (χ1v) is 7.15. The quantitative estimate of drug-likeness (QED) is 0.362. The molecule has 2 aliphatic heterocycles. The molecule has 1 aromatic heterocycles. The van der Waals surface area contributed by atoms with Crippen LogP contribution < -0.4 is 5.73 Å². The molecular formula is C14H21N5O. The van der Waals surface area contributed by atoms with Crippen molar-refractivity contribution in [1.29, 1.82) is 0 Å². The van der Waals surface area contributed by atoms with E-state index in [9.17, 15) is 0 Å². The molecule has 0 saturated carbocycles. The summed E-state index contributed by atoms with van der Waals surface area (Å²) < 4.78 is 0. The molecule has 0 spiro atoms. The minimum absolute atomic E-state index is 0.0625. The van der Waals surface area contributed by atoms with Crippen molar-refractivity contribution in [2.45, 2.75) is 25.4 Å². The van der Waals surface area contributed by atoms with E-state index in [-0.39, 0.29) is 5.84 Å². The SMILES string of the molecule is N/C(=N/O)c1cc(CN2CCN3CCCC3C2)ccn1. The number of amidine groups is 1. The van der Waals surface area contributed by atoms with E-state index in [0.717, 1.165) is 31.2 Å². The van der Waals surface area contributed by atoms with Crippen molar-refractivity contribution in [3.8, 4) is 0 Å². The van der Waals surface area contributed by atoms with Crippen LogP contribution in [0, 0.1) is 0 Å². The van der Waals surface area contributed by atoms with E-state index in [2.05, 4.69) is 19.9 Å². The summed E-state index contributed by atoms with van der Waals surface area (Å²) in [6.45, 7) is 5.59. The highest BCUT2D eigenvalue weighted by molar-refractivity contribution is 5.95. The molecule has 2 aliphatic rings. The fourth-order valence-electron chi connectivity index (χ4n) is 3.22. The molecule has 2 saturated heterocycles. The molecule has 20 heavy (non-hydrogen) atoms. The number of fused-ring (bicyclic) bond motifs is 1. The molecule has 6 nitrogen and oxygen atoms in total. The maximum absolute atomic E-state index is 8.71. The van der Waals surface area contributed by atoms with Gasteiger partial charge < -0.3 is 10.9 Å². The van der Waals surface area contributed by atoms with Crippen LogP contribution in [0.1, 0.15) is 24.1 Å². The van der Waals surface area contributed by atoms with Crippen LogP contribution in [0.15, 0.2) is 23.5 Å². The Labute approximate surface area is 118 Å². The zero-order chi connectivity index (χ0) is 13.9. The normalized spacial score (nSPS) is 24.8. The molecule has 3 heterocycles. The van der Waals surface area contributed by atoms with Gasteiger partial charge in [-0.05, 0) is 37.1 Å². The van der Waals surface area contributed by atoms with E-state index in [1.165, 1.54) is 25.9 Å². The number of piperazine rings is 1. The lowest BCUT2D eigenvalue weighted by Crippen LogP contribution is -2.49. The Bertz CT molecular complexity index is 504. The molecule has 108 valence electrons. The summed E-state index contributed by atoms with van der Waals surface area (Å²) in [5, 5.41) is 11.7. The van der Waals surface area contributed by atoms with Gasteiger partial charge in [0.1, 0.15) is 5.69 Å². The van der Waals surface area contributed by atoms with Crippen molar-refractivity contribution >= 4 is 5.84 Å². The molecule has 1 unspecified atom stereocenters. The van der Waals surface area contributed by atoms with Gasteiger partial charge in [-0.15, -0.1) is 0 Å². The number of oxime groups is 1. The van der Waals surface area contributed by atoms with E-state index < -0.39 is 0 Å².